The topological polar surface area (TPSA) is 78.4 Å². The van der Waals surface area contributed by atoms with Gasteiger partial charge in [0.1, 0.15) is 5.54 Å². The minimum absolute atomic E-state index is 0.408. The third-order valence-corrected chi connectivity index (χ3v) is 3.36. The van der Waals surface area contributed by atoms with E-state index in [4.69, 9.17) is 5.11 Å². The minimum atomic E-state index is -1.27. The zero-order valence-corrected chi connectivity index (χ0v) is 10.9. The van der Waals surface area contributed by atoms with Gasteiger partial charge < -0.3 is 15.7 Å². The molecule has 5 nitrogen and oxygen atoms in total. The summed E-state index contributed by atoms with van der Waals surface area (Å²) in [5, 5.41) is 15.8. The lowest BCUT2D eigenvalue weighted by molar-refractivity contribution is -0.142. The van der Waals surface area contributed by atoms with E-state index >= 15 is 0 Å². The van der Waals surface area contributed by atoms with Crippen LogP contribution in [0.2, 0.25) is 0 Å². The van der Waals surface area contributed by atoms with Crippen molar-refractivity contribution in [2.45, 2.75) is 32.9 Å². The molecule has 0 aliphatic rings. The Labute approximate surface area is 104 Å². The number of nitrogens with one attached hydrogen (secondary N) is 2. The molecule has 0 atom stereocenters. The average Bonchev–Trinajstić information content (AvgIpc) is 2.60. The van der Waals surface area contributed by atoms with Gasteiger partial charge in [0, 0.05) is 4.88 Å². The molecule has 1 aromatic rings. The lowest BCUT2D eigenvalue weighted by Crippen LogP contribution is -2.52. The van der Waals surface area contributed by atoms with Gasteiger partial charge in [-0.1, -0.05) is 0 Å². The lowest BCUT2D eigenvalue weighted by Gasteiger charge is -2.21. The van der Waals surface area contributed by atoms with E-state index in [0.717, 1.165) is 10.4 Å². The number of carboxylic acid groups (broad SMARTS) is 1. The van der Waals surface area contributed by atoms with Gasteiger partial charge in [0.2, 0.25) is 0 Å². The van der Waals surface area contributed by atoms with Crippen molar-refractivity contribution in [2.24, 2.45) is 0 Å². The van der Waals surface area contributed by atoms with Gasteiger partial charge in [0.25, 0.3) is 0 Å². The van der Waals surface area contributed by atoms with Crippen LogP contribution in [0.5, 0.6) is 0 Å². The van der Waals surface area contributed by atoms with Crippen molar-refractivity contribution in [3.8, 4) is 0 Å². The smallest absolute Gasteiger partial charge is 0.328 e. The van der Waals surface area contributed by atoms with E-state index in [1.165, 1.54) is 13.8 Å². The highest BCUT2D eigenvalue weighted by molar-refractivity contribution is 7.10. The van der Waals surface area contributed by atoms with E-state index in [9.17, 15) is 9.59 Å². The van der Waals surface area contributed by atoms with Crippen LogP contribution in [0.4, 0.5) is 4.79 Å². The first kappa shape index (κ1) is 13.5. The van der Waals surface area contributed by atoms with Crippen LogP contribution in [0, 0.1) is 6.92 Å². The van der Waals surface area contributed by atoms with Crippen molar-refractivity contribution in [2.75, 3.05) is 0 Å². The van der Waals surface area contributed by atoms with Crippen molar-refractivity contribution in [1.82, 2.24) is 10.6 Å². The van der Waals surface area contributed by atoms with E-state index in [1.54, 1.807) is 11.3 Å². The Bertz CT molecular complexity index is 426. The first-order valence-corrected chi connectivity index (χ1v) is 6.03. The van der Waals surface area contributed by atoms with Crippen molar-refractivity contribution in [1.29, 1.82) is 0 Å². The predicted molar refractivity (Wildman–Crippen MR) is 66.1 cm³/mol. The Morgan fingerprint density at radius 1 is 1.47 bits per heavy atom. The third kappa shape index (κ3) is 3.74. The highest BCUT2D eigenvalue weighted by atomic mass is 32.1. The Hall–Kier alpha value is -1.56. The summed E-state index contributed by atoms with van der Waals surface area (Å²) < 4.78 is 0. The van der Waals surface area contributed by atoms with Gasteiger partial charge in [-0.15, -0.1) is 11.3 Å². The van der Waals surface area contributed by atoms with Crippen molar-refractivity contribution in [3.63, 3.8) is 0 Å². The first-order chi connectivity index (χ1) is 7.83. The zero-order chi connectivity index (χ0) is 13.1. The second-order valence-electron chi connectivity index (χ2n) is 4.26. The highest BCUT2D eigenvalue weighted by Gasteiger charge is 2.28. The Balaban J connectivity index is 2.46. The molecule has 0 fully saturated rings. The van der Waals surface area contributed by atoms with Gasteiger partial charge >= 0.3 is 12.0 Å². The maximum absolute atomic E-state index is 11.5. The van der Waals surface area contributed by atoms with Crippen molar-refractivity contribution in [3.05, 3.63) is 21.9 Å². The van der Waals surface area contributed by atoms with Crippen LogP contribution in [0.25, 0.3) is 0 Å². The van der Waals surface area contributed by atoms with E-state index in [-0.39, 0.29) is 0 Å². The number of amides is 2. The molecule has 0 radical (unpaired) electrons. The van der Waals surface area contributed by atoms with Crippen LogP contribution in [0.15, 0.2) is 11.4 Å². The molecular weight excluding hydrogens is 240 g/mol. The van der Waals surface area contributed by atoms with Crippen molar-refractivity contribution < 1.29 is 14.7 Å². The van der Waals surface area contributed by atoms with E-state index in [0.29, 0.717) is 6.54 Å². The molecule has 0 aliphatic heterocycles. The fourth-order valence-corrected chi connectivity index (χ4v) is 1.97. The molecule has 1 aromatic heterocycles. The second kappa shape index (κ2) is 5.18. The van der Waals surface area contributed by atoms with Crippen molar-refractivity contribution >= 4 is 23.3 Å². The molecule has 6 heteroatoms. The van der Waals surface area contributed by atoms with Gasteiger partial charge in [0.05, 0.1) is 6.54 Å². The molecule has 0 aromatic carbocycles. The molecule has 0 bridgehead atoms. The lowest BCUT2D eigenvalue weighted by atomic mass is 10.1. The zero-order valence-electron chi connectivity index (χ0n) is 10.0. The maximum Gasteiger partial charge on any atom is 0.328 e. The third-order valence-electron chi connectivity index (χ3n) is 2.34. The van der Waals surface area contributed by atoms with E-state index in [1.807, 2.05) is 18.4 Å². The molecule has 3 N–H and O–H groups in total. The molecule has 94 valence electrons. The number of urea groups is 1. The van der Waals surface area contributed by atoms with Gasteiger partial charge in [-0.05, 0) is 37.8 Å². The Kier molecular flexibility index (Phi) is 4.11. The first-order valence-electron chi connectivity index (χ1n) is 5.15. The molecule has 0 spiro atoms. The summed E-state index contributed by atoms with van der Waals surface area (Å²) in [4.78, 5) is 23.4. The number of thiophene rings is 1. The molecular formula is C11H16N2O3S. The quantitative estimate of drug-likeness (QED) is 0.767. The molecule has 0 aliphatic carbocycles. The summed E-state index contributed by atoms with van der Waals surface area (Å²) in [7, 11) is 0. The van der Waals surface area contributed by atoms with Crippen LogP contribution in [0.3, 0.4) is 0 Å². The van der Waals surface area contributed by atoms with E-state index < -0.39 is 17.5 Å². The second-order valence-corrected chi connectivity index (χ2v) is 5.27. The van der Waals surface area contributed by atoms with Gasteiger partial charge in [-0.25, -0.2) is 9.59 Å². The minimum Gasteiger partial charge on any atom is -0.480 e. The summed E-state index contributed by atoms with van der Waals surface area (Å²) in [6, 6.07) is 1.49. The molecule has 1 rings (SSSR count). The number of hydrogen-bond donors (Lipinski definition) is 3. The fourth-order valence-electron chi connectivity index (χ4n) is 1.13. The van der Waals surface area contributed by atoms with Gasteiger partial charge in [-0.2, -0.15) is 0 Å². The summed E-state index contributed by atoms with van der Waals surface area (Å²) >= 11 is 1.56. The molecule has 1 heterocycles. The molecule has 0 saturated heterocycles. The molecule has 0 unspecified atom stereocenters. The maximum atomic E-state index is 11.5. The number of aliphatic carboxylic acids is 1. The van der Waals surface area contributed by atoms with Crippen LogP contribution < -0.4 is 10.6 Å². The van der Waals surface area contributed by atoms with Gasteiger partial charge in [-0.3, -0.25) is 0 Å². The normalized spacial score (nSPS) is 11.0. The highest BCUT2D eigenvalue weighted by Crippen LogP contribution is 2.14. The Morgan fingerprint density at radius 2 is 2.12 bits per heavy atom. The number of carbonyl (C=O) groups is 2. The van der Waals surface area contributed by atoms with Crippen LogP contribution in [-0.4, -0.2) is 22.6 Å². The molecule has 17 heavy (non-hydrogen) atoms. The largest absolute Gasteiger partial charge is 0.480 e. The summed E-state index contributed by atoms with van der Waals surface area (Å²) in [6.45, 7) is 5.24. The number of aryl methyl sites for hydroxylation is 1. The summed E-state index contributed by atoms with van der Waals surface area (Å²) in [6.07, 6.45) is 0. The van der Waals surface area contributed by atoms with Crippen LogP contribution in [-0.2, 0) is 11.3 Å². The summed E-state index contributed by atoms with van der Waals surface area (Å²) in [5.41, 5.74) is -0.151. The number of carboxylic acids is 1. The number of carbonyl (C=O) groups excluding carboxylic acids is 1. The predicted octanol–water partition coefficient (Wildman–Crippen LogP) is 1.72. The monoisotopic (exact) mass is 256 g/mol. The fraction of sp³-hybridized carbons (Fsp3) is 0.455. The standard InChI is InChI=1S/C11H16N2O3S/c1-7-4-5-17-8(7)6-12-10(16)13-11(2,3)9(14)15/h4-5H,6H2,1-3H3,(H,14,15)(H2,12,13,16). The van der Waals surface area contributed by atoms with Crippen LogP contribution >= 0.6 is 11.3 Å². The molecule has 2 amide bonds. The Morgan fingerprint density at radius 3 is 2.59 bits per heavy atom. The van der Waals surface area contributed by atoms with Crippen LogP contribution in [0.1, 0.15) is 24.3 Å². The number of rotatable bonds is 4. The van der Waals surface area contributed by atoms with Gasteiger partial charge in [0.15, 0.2) is 0 Å². The van der Waals surface area contributed by atoms with E-state index in [2.05, 4.69) is 10.6 Å². The number of hydrogen-bond acceptors (Lipinski definition) is 3. The summed E-state index contributed by atoms with van der Waals surface area (Å²) in [5.74, 6) is -1.07. The molecule has 0 saturated carbocycles. The average molecular weight is 256 g/mol. The SMILES string of the molecule is Cc1ccsc1CNC(=O)NC(C)(C)C(=O)O.